The molecule has 1 aromatic rings. The summed E-state index contributed by atoms with van der Waals surface area (Å²) in [7, 11) is 0. The lowest BCUT2D eigenvalue weighted by atomic mass is 10.1. The van der Waals surface area contributed by atoms with Gasteiger partial charge in [0.25, 0.3) is 0 Å². The zero-order valence-electron chi connectivity index (χ0n) is 6.81. The summed E-state index contributed by atoms with van der Waals surface area (Å²) in [5, 5.41) is 10.2. The van der Waals surface area contributed by atoms with Gasteiger partial charge >= 0.3 is 0 Å². The normalized spacial score (nSPS) is 13.0. The molecule has 0 aliphatic heterocycles. The van der Waals surface area contributed by atoms with Gasteiger partial charge in [0.05, 0.1) is 10.0 Å². The van der Waals surface area contributed by atoms with Crippen LogP contribution in [-0.2, 0) is 0 Å². The van der Waals surface area contributed by atoms with E-state index in [-0.39, 0.29) is 16.8 Å². The van der Waals surface area contributed by atoms with Gasteiger partial charge in [-0.05, 0) is 28.9 Å². The molecule has 1 atom stereocenters. The molecule has 0 radical (unpaired) electrons. The molecule has 0 aromatic heterocycles. The first kappa shape index (κ1) is 11.1. The molecule has 0 saturated carbocycles. The second-order valence-corrected chi connectivity index (χ2v) is 4.34. The van der Waals surface area contributed by atoms with Crippen molar-refractivity contribution in [3.63, 3.8) is 0 Å². The lowest BCUT2D eigenvalue weighted by Gasteiger charge is -2.13. The van der Waals surface area contributed by atoms with Crippen LogP contribution in [-0.4, -0.2) is 5.11 Å². The Morgan fingerprint density at radius 3 is 2.54 bits per heavy atom. The fraction of sp³-hybridized carbons (Fsp3) is 0.250. The van der Waals surface area contributed by atoms with Gasteiger partial charge in [0, 0.05) is 16.1 Å². The lowest BCUT2D eigenvalue weighted by Crippen LogP contribution is -2.06. The van der Waals surface area contributed by atoms with Gasteiger partial charge in [0.2, 0.25) is 0 Å². The summed E-state index contributed by atoms with van der Waals surface area (Å²) in [5.41, 5.74) is 6.09. The number of aromatic hydroxyl groups is 1. The van der Waals surface area contributed by atoms with Crippen LogP contribution in [0.2, 0.25) is 10.0 Å². The highest BCUT2D eigenvalue weighted by atomic mass is 79.9. The molecule has 72 valence electrons. The van der Waals surface area contributed by atoms with Crippen LogP contribution >= 0.6 is 39.1 Å². The molecular formula is C8H8BrCl2NO. The molecule has 13 heavy (non-hydrogen) atoms. The highest BCUT2D eigenvalue weighted by Crippen LogP contribution is 2.40. The molecule has 1 unspecified atom stereocenters. The molecule has 0 aliphatic carbocycles. The van der Waals surface area contributed by atoms with Crippen LogP contribution in [0.4, 0.5) is 0 Å². The van der Waals surface area contributed by atoms with Gasteiger partial charge in [0.15, 0.2) is 0 Å². The summed E-state index contributed by atoms with van der Waals surface area (Å²) in [5.74, 6) is -0.0510. The molecule has 0 fully saturated rings. The van der Waals surface area contributed by atoms with Crippen molar-refractivity contribution >= 4 is 39.1 Å². The van der Waals surface area contributed by atoms with E-state index in [2.05, 4.69) is 15.9 Å². The third kappa shape index (κ3) is 2.10. The average Bonchev–Trinajstić information content (AvgIpc) is 2.01. The van der Waals surface area contributed by atoms with E-state index in [0.717, 1.165) is 0 Å². The topological polar surface area (TPSA) is 46.2 Å². The minimum absolute atomic E-state index is 0.0510. The molecule has 5 heteroatoms. The Balaban J connectivity index is 3.46. The summed E-state index contributed by atoms with van der Waals surface area (Å²) in [6, 6.07) is 1.17. The van der Waals surface area contributed by atoms with E-state index in [1.54, 1.807) is 6.92 Å². The van der Waals surface area contributed by atoms with Crippen molar-refractivity contribution in [1.82, 2.24) is 0 Å². The number of phenolic OH excluding ortho intramolecular Hbond substituents is 1. The summed E-state index contributed by atoms with van der Waals surface area (Å²) >= 11 is 14.9. The van der Waals surface area contributed by atoms with E-state index in [1.807, 2.05) is 0 Å². The van der Waals surface area contributed by atoms with Crippen molar-refractivity contribution in [2.45, 2.75) is 13.0 Å². The van der Waals surface area contributed by atoms with Crippen molar-refractivity contribution in [1.29, 1.82) is 0 Å². The quantitative estimate of drug-likeness (QED) is 0.776. The third-order valence-corrected chi connectivity index (χ3v) is 3.19. The van der Waals surface area contributed by atoms with Crippen molar-refractivity contribution in [3.8, 4) is 5.75 Å². The van der Waals surface area contributed by atoms with Gasteiger partial charge in [-0.3, -0.25) is 0 Å². The summed E-state index contributed by atoms with van der Waals surface area (Å²) in [6.07, 6.45) is 0. The second kappa shape index (κ2) is 4.05. The molecule has 0 amide bonds. The van der Waals surface area contributed by atoms with Gasteiger partial charge in [-0.2, -0.15) is 0 Å². The average molecular weight is 285 g/mol. The summed E-state index contributed by atoms with van der Waals surface area (Å²) in [4.78, 5) is 0. The maximum Gasteiger partial charge on any atom is 0.140 e. The fourth-order valence-corrected chi connectivity index (χ4v) is 2.12. The first-order chi connectivity index (χ1) is 5.95. The van der Waals surface area contributed by atoms with E-state index in [4.69, 9.17) is 28.9 Å². The lowest BCUT2D eigenvalue weighted by molar-refractivity contribution is 0.464. The molecular weight excluding hydrogens is 277 g/mol. The van der Waals surface area contributed by atoms with Crippen molar-refractivity contribution < 1.29 is 5.11 Å². The van der Waals surface area contributed by atoms with E-state index >= 15 is 0 Å². The van der Waals surface area contributed by atoms with Crippen LogP contribution in [0.25, 0.3) is 0 Å². The van der Waals surface area contributed by atoms with E-state index in [9.17, 15) is 5.11 Å². The molecule has 0 aliphatic rings. The zero-order valence-corrected chi connectivity index (χ0v) is 9.91. The largest absolute Gasteiger partial charge is 0.506 e. The number of halogens is 3. The van der Waals surface area contributed by atoms with Crippen molar-refractivity contribution in [2.24, 2.45) is 5.73 Å². The van der Waals surface area contributed by atoms with Gasteiger partial charge in [-0.1, -0.05) is 23.2 Å². The van der Waals surface area contributed by atoms with Crippen LogP contribution in [0.15, 0.2) is 10.5 Å². The van der Waals surface area contributed by atoms with Gasteiger partial charge in [0.1, 0.15) is 5.75 Å². The SMILES string of the molecule is CC(N)c1c(O)c(Cl)cc(Br)c1Cl. The number of hydrogen-bond acceptors (Lipinski definition) is 2. The number of rotatable bonds is 1. The summed E-state index contributed by atoms with van der Waals surface area (Å²) < 4.78 is 0.629. The first-order valence-electron chi connectivity index (χ1n) is 3.57. The molecule has 1 rings (SSSR count). The molecule has 0 heterocycles. The number of benzene rings is 1. The smallest absolute Gasteiger partial charge is 0.140 e. The van der Waals surface area contributed by atoms with Crippen molar-refractivity contribution in [2.75, 3.05) is 0 Å². The summed E-state index contributed by atoms with van der Waals surface area (Å²) in [6.45, 7) is 1.73. The Kier molecular flexibility index (Phi) is 3.46. The predicted octanol–water partition coefficient (Wildman–Crippen LogP) is 3.48. The van der Waals surface area contributed by atoms with Crippen molar-refractivity contribution in [3.05, 3.63) is 26.1 Å². The predicted molar refractivity (Wildman–Crippen MR) is 58.4 cm³/mol. The number of phenols is 1. The number of hydrogen-bond donors (Lipinski definition) is 2. The van der Waals surface area contributed by atoms with Crippen LogP contribution in [0, 0.1) is 0 Å². The molecule has 0 bridgehead atoms. The molecule has 0 saturated heterocycles. The van der Waals surface area contributed by atoms with E-state index in [1.165, 1.54) is 6.07 Å². The van der Waals surface area contributed by atoms with Crippen LogP contribution in [0.1, 0.15) is 18.5 Å². The monoisotopic (exact) mass is 283 g/mol. The first-order valence-corrected chi connectivity index (χ1v) is 5.12. The minimum atomic E-state index is -0.359. The maximum absolute atomic E-state index is 9.56. The Morgan fingerprint density at radius 2 is 2.08 bits per heavy atom. The highest BCUT2D eigenvalue weighted by Gasteiger charge is 2.16. The Labute approximate surface area is 94.8 Å². The Bertz CT molecular complexity index is 315. The molecule has 0 spiro atoms. The van der Waals surface area contributed by atoms with E-state index < -0.39 is 0 Å². The number of nitrogens with two attached hydrogens (primary N) is 1. The van der Waals surface area contributed by atoms with Crippen LogP contribution < -0.4 is 5.73 Å². The fourth-order valence-electron chi connectivity index (χ4n) is 1.02. The third-order valence-electron chi connectivity index (χ3n) is 1.64. The van der Waals surface area contributed by atoms with Gasteiger partial charge in [-0.15, -0.1) is 0 Å². The standard InChI is InChI=1S/C8H8BrCl2NO/c1-3(12)6-7(11)4(9)2-5(10)8(6)13/h2-3,13H,12H2,1H3. The minimum Gasteiger partial charge on any atom is -0.506 e. The second-order valence-electron chi connectivity index (χ2n) is 2.71. The van der Waals surface area contributed by atoms with Gasteiger partial charge < -0.3 is 10.8 Å². The zero-order chi connectivity index (χ0) is 10.2. The Hall–Kier alpha value is 0.0400. The molecule has 2 nitrogen and oxygen atoms in total. The van der Waals surface area contributed by atoms with Crippen LogP contribution in [0.3, 0.4) is 0 Å². The van der Waals surface area contributed by atoms with Crippen LogP contribution in [0.5, 0.6) is 5.75 Å². The maximum atomic E-state index is 9.56. The Morgan fingerprint density at radius 1 is 1.54 bits per heavy atom. The van der Waals surface area contributed by atoms with Gasteiger partial charge in [-0.25, -0.2) is 0 Å². The molecule has 3 N–H and O–H groups in total. The van der Waals surface area contributed by atoms with E-state index in [0.29, 0.717) is 15.1 Å². The molecule has 1 aromatic carbocycles. The highest BCUT2D eigenvalue weighted by molar-refractivity contribution is 9.10.